The van der Waals surface area contributed by atoms with Crippen LogP contribution >= 0.6 is 0 Å². The Kier molecular flexibility index (Phi) is 6.26. The summed E-state index contributed by atoms with van der Waals surface area (Å²) in [5.41, 5.74) is 7.56. The van der Waals surface area contributed by atoms with Crippen LogP contribution in [0.3, 0.4) is 0 Å². The summed E-state index contributed by atoms with van der Waals surface area (Å²) in [5, 5.41) is 0.967. The highest BCUT2D eigenvalue weighted by atomic mass is 16.6. The SMILES string of the molecule is NC(=O)N(CCCCN1CCN(c2ccc3c(c2)OCCO3)CC1)c1cc2ccccc2o1. The van der Waals surface area contributed by atoms with Gasteiger partial charge in [-0.25, -0.2) is 4.79 Å². The number of unbranched alkanes of at least 4 members (excludes halogenated alkanes) is 1. The van der Waals surface area contributed by atoms with Crippen molar-refractivity contribution in [1.29, 1.82) is 0 Å². The maximum absolute atomic E-state index is 12.0. The summed E-state index contributed by atoms with van der Waals surface area (Å²) in [4.78, 5) is 18.4. The molecule has 0 radical (unpaired) electrons. The molecule has 0 atom stereocenters. The molecule has 0 unspecified atom stereocenters. The van der Waals surface area contributed by atoms with Gasteiger partial charge >= 0.3 is 6.03 Å². The Labute approximate surface area is 193 Å². The number of nitrogens with zero attached hydrogens (tertiary/aromatic N) is 3. The fraction of sp³-hybridized carbons (Fsp3) is 0.400. The lowest BCUT2D eigenvalue weighted by molar-refractivity contribution is 0.171. The minimum atomic E-state index is -0.484. The molecule has 1 aromatic heterocycles. The second-order valence-electron chi connectivity index (χ2n) is 8.48. The Bertz CT molecular complexity index is 1070. The van der Waals surface area contributed by atoms with Crippen molar-refractivity contribution < 1.29 is 18.7 Å². The number of rotatable bonds is 7. The zero-order chi connectivity index (χ0) is 22.6. The van der Waals surface area contributed by atoms with E-state index in [1.807, 2.05) is 36.4 Å². The van der Waals surface area contributed by atoms with Crippen LogP contribution in [0.25, 0.3) is 11.0 Å². The molecule has 1 saturated heterocycles. The van der Waals surface area contributed by atoms with Gasteiger partial charge in [0.1, 0.15) is 18.8 Å². The van der Waals surface area contributed by atoms with Crippen LogP contribution in [0.4, 0.5) is 16.4 Å². The van der Waals surface area contributed by atoms with Gasteiger partial charge in [0.05, 0.1) is 0 Å². The molecule has 2 aliphatic heterocycles. The number of benzene rings is 2. The molecule has 2 aliphatic rings. The van der Waals surface area contributed by atoms with E-state index in [2.05, 4.69) is 21.9 Å². The van der Waals surface area contributed by atoms with Crippen molar-refractivity contribution in [2.75, 3.05) is 62.3 Å². The number of fused-ring (bicyclic) bond motifs is 2. The van der Waals surface area contributed by atoms with Crippen molar-refractivity contribution in [3.8, 4) is 11.5 Å². The number of piperazine rings is 1. The number of urea groups is 1. The van der Waals surface area contributed by atoms with E-state index in [1.54, 1.807) is 0 Å². The van der Waals surface area contributed by atoms with E-state index in [0.29, 0.717) is 25.6 Å². The van der Waals surface area contributed by atoms with E-state index in [9.17, 15) is 4.79 Å². The van der Waals surface area contributed by atoms with Crippen molar-refractivity contribution in [2.45, 2.75) is 12.8 Å². The number of carbonyl (C=O) groups excluding carboxylic acids is 1. The molecule has 2 aromatic carbocycles. The number of ether oxygens (including phenoxy) is 2. The van der Waals surface area contributed by atoms with Gasteiger partial charge in [-0.15, -0.1) is 0 Å². The number of amides is 2. The summed E-state index contributed by atoms with van der Waals surface area (Å²) in [6.07, 6.45) is 1.86. The fourth-order valence-corrected chi connectivity index (χ4v) is 4.49. The first-order chi connectivity index (χ1) is 16.2. The smallest absolute Gasteiger partial charge is 0.321 e. The van der Waals surface area contributed by atoms with Gasteiger partial charge in [0.15, 0.2) is 11.5 Å². The second-order valence-corrected chi connectivity index (χ2v) is 8.48. The van der Waals surface area contributed by atoms with Crippen molar-refractivity contribution in [2.24, 2.45) is 5.73 Å². The Morgan fingerprint density at radius 1 is 0.939 bits per heavy atom. The summed E-state index contributed by atoms with van der Waals surface area (Å²) in [6.45, 7) is 6.75. The van der Waals surface area contributed by atoms with Crippen LogP contribution in [0.5, 0.6) is 11.5 Å². The second kappa shape index (κ2) is 9.62. The Hall–Kier alpha value is -3.39. The molecule has 2 amide bonds. The third-order valence-electron chi connectivity index (χ3n) is 6.31. The summed E-state index contributed by atoms with van der Waals surface area (Å²) in [5.74, 6) is 2.18. The molecule has 174 valence electrons. The Morgan fingerprint density at radius 2 is 1.73 bits per heavy atom. The van der Waals surface area contributed by atoms with Gasteiger partial charge in [0, 0.05) is 55.9 Å². The highest BCUT2D eigenvalue weighted by Crippen LogP contribution is 2.34. The van der Waals surface area contributed by atoms with Gasteiger partial charge in [-0.05, 0) is 37.6 Å². The monoisotopic (exact) mass is 450 g/mol. The predicted molar refractivity (Wildman–Crippen MR) is 128 cm³/mol. The van der Waals surface area contributed by atoms with E-state index in [1.165, 1.54) is 10.6 Å². The van der Waals surface area contributed by atoms with Crippen molar-refractivity contribution in [3.63, 3.8) is 0 Å². The lowest BCUT2D eigenvalue weighted by Crippen LogP contribution is -2.46. The fourth-order valence-electron chi connectivity index (χ4n) is 4.49. The molecule has 8 heteroatoms. The van der Waals surface area contributed by atoms with Gasteiger partial charge in [-0.1, -0.05) is 18.2 Å². The van der Waals surface area contributed by atoms with Crippen LogP contribution in [0.15, 0.2) is 52.9 Å². The first kappa shape index (κ1) is 21.5. The third-order valence-corrected chi connectivity index (χ3v) is 6.31. The van der Waals surface area contributed by atoms with Crippen LogP contribution in [0.2, 0.25) is 0 Å². The lowest BCUT2D eigenvalue weighted by atomic mass is 10.2. The molecule has 0 spiro atoms. The molecule has 2 N–H and O–H groups in total. The summed E-state index contributed by atoms with van der Waals surface area (Å²) >= 11 is 0. The van der Waals surface area contributed by atoms with Crippen LogP contribution < -0.4 is 25.0 Å². The number of hydrogen-bond acceptors (Lipinski definition) is 6. The minimum absolute atomic E-state index is 0.484. The lowest BCUT2D eigenvalue weighted by Gasteiger charge is -2.36. The average molecular weight is 451 g/mol. The normalized spacial score (nSPS) is 16.2. The zero-order valence-corrected chi connectivity index (χ0v) is 18.7. The molecule has 0 saturated carbocycles. The highest BCUT2D eigenvalue weighted by molar-refractivity contribution is 5.92. The number of carbonyl (C=O) groups is 1. The number of furan rings is 1. The van der Waals surface area contributed by atoms with Crippen LogP contribution in [0, 0.1) is 0 Å². The molecule has 33 heavy (non-hydrogen) atoms. The largest absolute Gasteiger partial charge is 0.486 e. The number of para-hydroxylation sites is 1. The first-order valence-corrected chi connectivity index (χ1v) is 11.6. The molecule has 3 heterocycles. The molecule has 1 fully saturated rings. The molecule has 3 aromatic rings. The summed E-state index contributed by atoms with van der Waals surface area (Å²) < 4.78 is 17.2. The predicted octanol–water partition coefficient (Wildman–Crippen LogP) is 3.69. The van der Waals surface area contributed by atoms with E-state index < -0.39 is 6.03 Å². The van der Waals surface area contributed by atoms with Crippen molar-refractivity contribution in [3.05, 3.63) is 48.5 Å². The molecule has 5 rings (SSSR count). The van der Waals surface area contributed by atoms with E-state index >= 15 is 0 Å². The molecular formula is C25H30N4O4. The average Bonchev–Trinajstić information content (AvgIpc) is 3.27. The molecule has 8 nitrogen and oxygen atoms in total. The van der Waals surface area contributed by atoms with E-state index in [4.69, 9.17) is 19.6 Å². The topological polar surface area (TPSA) is 84.4 Å². The van der Waals surface area contributed by atoms with Crippen molar-refractivity contribution >= 4 is 28.6 Å². The van der Waals surface area contributed by atoms with Gasteiger partial charge < -0.3 is 24.5 Å². The quantitative estimate of drug-likeness (QED) is 0.553. The summed E-state index contributed by atoms with van der Waals surface area (Å²) in [6, 6.07) is 15.3. The molecule has 0 bridgehead atoms. The van der Waals surface area contributed by atoms with Gasteiger partial charge in [0.25, 0.3) is 0 Å². The standard InChI is InChI=1S/C25H30N4O4/c26-25(30)29(24-17-19-5-1-2-6-21(19)33-24)10-4-3-9-27-11-13-28(14-12-27)20-7-8-22-23(18-20)32-16-15-31-22/h1-2,5-8,17-18H,3-4,9-16H2,(H2,26,30). The van der Waals surface area contributed by atoms with Crippen LogP contribution in [-0.2, 0) is 0 Å². The number of anilines is 2. The van der Waals surface area contributed by atoms with E-state index in [0.717, 1.165) is 68.0 Å². The zero-order valence-electron chi connectivity index (χ0n) is 18.7. The molecular weight excluding hydrogens is 420 g/mol. The van der Waals surface area contributed by atoms with E-state index in [-0.39, 0.29) is 0 Å². The maximum atomic E-state index is 12.0. The first-order valence-electron chi connectivity index (χ1n) is 11.6. The number of nitrogens with two attached hydrogens (primary N) is 1. The van der Waals surface area contributed by atoms with Crippen molar-refractivity contribution in [1.82, 2.24) is 4.90 Å². The molecule has 0 aliphatic carbocycles. The van der Waals surface area contributed by atoms with Gasteiger partial charge in [-0.2, -0.15) is 0 Å². The third kappa shape index (κ3) is 4.85. The highest BCUT2D eigenvalue weighted by Gasteiger charge is 2.20. The van der Waals surface area contributed by atoms with Gasteiger partial charge in [-0.3, -0.25) is 9.80 Å². The van der Waals surface area contributed by atoms with Crippen LogP contribution in [-0.4, -0.2) is 63.4 Å². The Morgan fingerprint density at radius 3 is 2.52 bits per heavy atom. The number of hydrogen-bond donors (Lipinski definition) is 1. The number of primary amides is 1. The minimum Gasteiger partial charge on any atom is -0.486 e. The Balaban J connectivity index is 1.08. The maximum Gasteiger partial charge on any atom is 0.321 e. The van der Waals surface area contributed by atoms with Gasteiger partial charge in [0.2, 0.25) is 5.88 Å². The summed E-state index contributed by atoms with van der Waals surface area (Å²) in [7, 11) is 0. The van der Waals surface area contributed by atoms with Crippen LogP contribution in [0.1, 0.15) is 12.8 Å².